The summed E-state index contributed by atoms with van der Waals surface area (Å²) in [5, 5.41) is 2.45. The molecule has 2 aromatic rings. The second kappa shape index (κ2) is 6.97. The first-order chi connectivity index (χ1) is 11.6. The predicted molar refractivity (Wildman–Crippen MR) is 93.2 cm³/mol. The Bertz CT molecular complexity index is 790. The highest BCUT2D eigenvalue weighted by atomic mass is 32.2. The highest BCUT2D eigenvalue weighted by Crippen LogP contribution is 2.32. The van der Waals surface area contributed by atoms with Gasteiger partial charge in [0.25, 0.3) is 5.91 Å². The van der Waals surface area contributed by atoms with Crippen molar-refractivity contribution in [2.75, 3.05) is 19.0 Å². The number of methoxy groups -OCH3 is 1. The molecule has 1 aliphatic rings. The van der Waals surface area contributed by atoms with Gasteiger partial charge in [-0.1, -0.05) is 6.07 Å². The topological polar surface area (TPSA) is 64.6 Å². The van der Waals surface area contributed by atoms with Crippen LogP contribution < -0.4 is 14.8 Å². The van der Waals surface area contributed by atoms with Crippen LogP contribution in [-0.4, -0.2) is 30.7 Å². The van der Waals surface area contributed by atoms with Crippen LogP contribution in [0.15, 0.2) is 47.4 Å². The number of fused-ring (bicyclic) bond motifs is 1. The summed E-state index contributed by atoms with van der Waals surface area (Å²) in [4.78, 5) is 25.0. The molecule has 5 nitrogen and oxygen atoms in total. The summed E-state index contributed by atoms with van der Waals surface area (Å²) in [5.74, 6) is 1.11. The van der Waals surface area contributed by atoms with Gasteiger partial charge in [-0.15, -0.1) is 11.8 Å². The standard InChI is InChI=1S/C18H17NO4S/c1-11(24-14-5-3-4-13(9-14)22-2)18(21)12-6-7-16-15(8-12)19-17(20)10-23-16/h3-9,11H,10H2,1-2H3,(H,19,20)/t11-/m0/s1. The summed E-state index contributed by atoms with van der Waals surface area (Å²) in [6.45, 7) is 1.86. The Labute approximate surface area is 144 Å². The van der Waals surface area contributed by atoms with Crippen molar-refractivity contribution in [1.82, 2.24) is 0 Å². The third-order valence-corrected chi connectivity index (χ3v) is 4.71. The van der Waals surface area contributed by atoms with Gasteiger partial charge in [0.05, 0.1) is 18.0 Å². The average molecular weight is 343 g/mol. The molecule has 0 fully saturated rings. The molecular weight excluding hydrogens is 326 g/mol. The van der Waals surface area contributed by atoms with Crippen LogP contribution >= 0.6 is 11.8 Å². The van der Waals surface area contributed by atoms with Crippen molar-refractivity contribution < 1.29 is 19.1 Å². The molecule has 1 amide bonds. The summed E-state index contributed by atoms with van der Waals surface area (Å²) >= 11 is 1.47. The molecule has 1 atom stereocenters. The van der Waals surface area contributed by atoms with E-state index < -0.39 is 0 Å². The van der Waals surface area contributed by atoms with Crippen molar-refractivity contribution in [1.29, 1.82) is 0 Å². The van der Waals surface area contributed by atoms with Gasteiger partial charge in [-0.3, -0.25) is 9.59 Å². The molecule has 6 heteroatoms. The van der Waals surface area contributed by atoms with Crippen LogP contribution in [0.4, 0.5) is 5.69 Å². The molecule has 24 heavy (non-hydrogen) atoms. The highest BCUT2D eigenvalue weighted by Gasteiger charge is 2.21. The van der Waals surface area contributed by atoms with Crippen molar-refractivity contribution in [3.05, 3.63) is 48.0 Å². The summed E-state index contributed by atoms with van der Waals surface area (Å²) in [6, 6.07) is 12.7. The summed E-state index contributed by atoms with van der Waals surface area (Å²) in [7, 11) is 1.61. The maximum atomic E-state index is 12.7. The molecule has 3 rings (SSSR count). The van der Waals surface area contributed by atoms with E-state index in [-0.39, 0.29) is 23.5 Å². The van der Waals surface area contributed by atoms with Crippen molar-refractivity contribution >= 4 is 29.1 Å². The molecule has 2 aromatic carbocycles. The maximum absolute atomic E-state index is 12.7. The fourth-order valence-electron chi connectivity index (χ4n) is 2.40. The lowest BCUT2D eigenvalue weighted by Crippen LogP contribution is -2.25. The van der Waals surface area contributed by atoms with E-state index in [2.05, 4.69) is 5.32 Å². The number of rotatable bonds is 5. The van der Waals surface area contributed by atoms with E-state index in [9.17, 15) is 9.59 Å². The van der Waals surface area contributed by atoms with Gasteiger partial charge >= 0.3 is 0 Å². The molecule has 0 spiro atoms. The van der Waals surface area contributed by atoms with Crippen molar-refractivity contribution in [3.8, 4) is 11.5 Å². The number of thioether (sulfide) groups is 1. The van der Waals surface area contributed by atoms with Gasteiger partial charge < -0.3 is 14.8 Å². The lowest BCUT2D eigenvalue weighted by molar-refractivity contribution is -0.118. The lowest BCUT2D eigenvalue weighted by Gasteiger charge is -2.19. The van der Waals surface area contributed by atoms with Gasteiger partial charge in [-0.05, 0) is 43.3 Å². The Hall–Kier alpha value is -2.47. The van der Waals surface area contributed by atoms with E-state index in [0.717, 1.165) is 10.6 Å². The van der Waals surface area contributed by atoms with Crippen LogP contribution in [0.3, 0.4) is 0 Å². The number of amides is 1. The maximum Gasteiger partial charge on any atom is 0.262 e. The number of anilines is 1. The Morgan fingerprint density at radius 1 is 1.29 bits per heavy atom. The number of hydrogen-bond acceptors (Lipinski definition) is 5. The number of benzene rings is 2. The first-order valence-electron chi connectivity index (χ1n) is 7.48. The van der Waals surface area contributed by atoms with Crippen molar-refractivity contribution in [2.45, 2.75) is 17.1 Å². The molecule has 0 unspecified atom stereocenters. The summed E-state index contributed by atoms with van der Waals surface area (Å²) < 4.78 is 10.5. The number of nitrogens with one attached hydrogen (secondary N) is 1. The fourth-order valence-corrected chi connectivity index (χ4v) is 3.40. The minimum absolute atomic E-state index is 0.00237. The molecule has 0 aromatic heterocycles. The first kappa shape index (κ1) is 16.4. The molecule has 0 radical (unpaired) electrons. The zero-order valence-electron chi connectivity index (χ0n) is 13.4. The van der Waals surface area contributed by atoms with E-state index in [4.69, 9.17) is 9.47 Å². The van der Waals surface area contributed by atoms with Crippen LogP contribution in [-0.2, 0) is 4.79 Å². The Morgan fingerprint density at radius 3 is 2.92 bits per heavy atom. The normalized spacial score (nSPS) is 14.2. The molecule has 1 N–H and O–H groups in total. The van der Waals surface area contributed by atoms with Gasteiger partial charge in [0.2, 0.25) is 0 Å². The molecule has 1 aliphatic heterocycles. The Morgan fingerprint density at radius 2 is 2.12 bits per heavy atom. The summed E-state index contributed by atoms with van der Waals surface area (Å²) in [5.41, 5.74) is 1.08. The minimum Gasteiger partial charge on any atom is -0.497 e. The van der Waals surface area contributed by atoms with Crippen LogP contribution in [0.2, 0.25) is 0 Å². The number of carbonyl (C=O) groups excluding carboxylic acids is 2. The molecule has 1 heterocycles. The monoisotopic (exact) mass is 343 g/mol. The van der Waals surface area contributed by atoms with E-state index >= 15 is 0 Å². The van der Waals surface area contributed by atoms with Gasteiger partial charge in [-0.25, -0.2) is 0 Å². The quantitative estimate of drug-likeness (QED) is 0.666. The number of hydrogen-bond donors (Lipinski definition) is 1. The highest BCUT2D eigenvalue weighted by molar-refractivity contribution is 8.00. The number of ether oxygens (including phenoxy) is 2. The second-order valence-corrected chi connectivity index (χ2v) is 6.77. The van der Waals surface area contributed by atoms with E-state index in [1.165, 1.54) is 11.8 Å². The molecular formula is C18H17NO4S. The smallest absolute Gasteiger partial charge is 0.262 e. The third kappa shape index (κ3) is 3.54. The zero-order valence-corrected chi connectivity index (χ0v) is 14.2. The van der Waals surface area contributed by atoms with Crippen molar-refractivity contribution in [3.63, 3.8) is 0 Å². The average Bonchev–Trinajstić information content (AvgIpc) is 2.60. The number of carbonyl (C=O) groups is 2. The number of Topliss-reactive ketones (excluding diaryl/α,β-unsaturated/α-hetero) is 1. The fraction of sp³-hybridized carbons (Fsp3) is 0.222. The SMILES string of the molecule is COc1cccc(S[C@@H](C)C(=O)c2ccc3c(c2)NC(=O)CO3)c1. The zero-order chi connectivity index (χ0) is 17.1. The molecule has 124 valence electrons. The summed E-state index contributed by atoms with van der Waals surface area (Å²) in [6.07, 6.45) is 0. The number of ketones is 1. The largest absolute Gasteiger partial charge is 0.497 e. The van der Waals surface area contributed by atoms with E-state index in [1.54, 1.807) is 25.3 Å². The van der Waals surface area contributed by atoms with Crippen LogP contribution in [0.5, 0.6) is 11.5 Å². The third-order valence-electron chi connectivity index (χ3n) is 3.62. The lowest BCUT2D eigenvalue weighted by atomic mass is 10.1. The van der Waals surface area contributed by atoms with Crippen LogP contribution in [0.1, 0.15) is 17.3 Å². The van der Waals surface area contributed by atoms with Crippen LogP contribution in [0, 0.1) is 0 Å². The van der Waals surface area contributed by atoms with Gasteiger partial charge in [-0.2, -0.15) is 0 Å². The van der Waals surface area contributed by atoms with Gasteiger partial charge in [0.15, 0.2) is 12.4 Å². The second-order valence-electron chi connectivity index (χ2n) is 5.35. The van der Waals surface area contributed by atoms with E-state index in [1.807, 2.05) is 31.2 Å². The van der Waals surface area contributed by atoms with Gasteiger partial charge in [0, 0.05) is 10.5 Å². The first-order valence-corrected chi connectivity index (χ1v) is 8.36. The predicted octanol–water partition coefficient (Wildman–Crippen LogP) is 3.39. The van der Waals surface area contributed by atoms with Gasteiger partial charge in [0.1, 0.15) is 11.5 Å². The van der Waals surface area contributed by atoms with E-state index in [0.29, 0.717) is 17.0 Å². The van der Waals surface area contributed by atoms with Crippen molar-refractivity contribution in [2.24, 2.45) is 0 Å². The molecule has 0 saturated carbocycles. The Balaban J connectivity index is 1.75. The molecule has 0 aliphatic carbocycles. The Kier molecular flexibility index (Phi) is 4.76. The molecule has 0 saturated heterocycles. The van der Waals surface area contributed by atoms with Crippen LogP contribution in [0.25, 0.3) is 0 Å². The minimum atomic E-state index is -0.268. The molecule has 0 bridgehead atoms.